The Balaban J connectivity index is 1.41. The number of amides is 1. The quantitative estimate of drug-likeness (QED) is 0.337. The number of nitrogens with two attached hydrogens (primary N) is 1. The van der Waals surface area contributed by atoms with Crippen molar-refractivity contribution < 1.29 is 23.4 Å². The lowest BCUT2D eigenvalue weighted by atomic mass is 9.83. The first-order chi connectivity index (χ1) is 21.0. The van der Waals surface area contributed by atoms with Crippen LogP contribution in [0.15, 0.2) is 12.1 Å². The van der Waals surface area contributed by atoms with Gasteiger partial charge in [-0.3, -0.25) is 4.79 Å². The predicted molar refractivity (Wildman–Crippen MR) is 165 cm³/mol. The van der Waals surface area contributed by atoms with Gasteiger partial charge < -0.3 is 30.7 Å². The molecule has 0 radical (unpaired) electrons. The van der Waals surface area contributed by atoms with Gasteiger partial charge in [0.05, 0.1) is 17.7 Å². The van der Waals surface area contributed by atoms with E-state index in [9.17, 15) is 9.90 Å². The summed E-state index contributed by atoms with van der Waals surface area (Å²) in [6.07, 6.45) is 5.51. The van der Waals surface area contributed by atoms with Crippen LogP contribution in [0, 0.1) is 17.0 Å². The number of primary amides is 1. The van der Waals surface area contributed by atoms with Gasteiger partial charge in [-0.25, -0.2) is 8.78 Å². The molecule has 0 spiro atoms. The lowest BCUT2D eigenvalue weighted by molar-refractivity contribution is 0.0660. The van der Waals surface area contributed by atoms with Gasteiger partial charge in [0.15, 0.2) is 5.82 Å². The number of piperidine rings is 1. The summed E-state index contributed by atoms with van der Waals surface area (Å²) in [5.74, 6) is -3.15. The number of aromatic nitrogens is 2. The number of aromatic hydroxyl groups is 1. The standard InChI is InChI=1S/C32H37ClF2N6O3/c1-32(8-3-9-40(2)14-32)15-44-31-38-28-19(30(39-31)41-12-17-6-7-18(13-41)37-17)10-21(34)24(27(28)35)26-23(16-4-5-16)20(33)11-22(42)25(26)29(36)43/h10-11,16-18,37,42H,3-9,12-15H2,1-2H3,(H2,36,43)/t17-,18+,32-/m0/s1. The first-order valence-corrected chi connectivity index (χ1v) is 15.8. The summed E-state index contributed by atoms with van der Waals surface area (Å²) < 4.78 is 39.4. The van der Waals surface area contributed by atoms with Gasteiger partial charge in [0.25, 0.3) is 5.91 Å². The summed E-state index contributed by atoms with van der Waals surface area (Å²) in [4.78, 5) is 26.2. The summed E-state index contributed by atoms with van der Waals surface area (Å²) in [7, 11) is 2.08. The molecule has 4 N–H and O–H groups in total. The van der Waals surface area contributed by atoms with E-state index >= 15 is 8.78 Å². The van der Waals surface area contributed by atoms with Gasteiger partial charge in [0, 0.05) is 53.1 Å². The van der Waals surface area contributed by atoms with Gasteiger partial charge in [-0.15, -0.1) is 0 Å². The molecule has 2 aromatic carbocycles. The fraction of sp³-hybridized carbons (Fsp3) is 0.531. The molecule has 3 aliphatic heterocycles. The van der Waals surface area contributed by atoms with Crippen LogP contribution < -0.4 is 20.7 Å². The summed E-state index contributed by atoms with van der Waals surface area (Å²) in [6, 6.07) is 2.94. The van der Waals surface area contributed by atoms with Crippen molar-refractivity contribution in [1.82, 2.24) is 20.2 Å². The highest BCUT2D eigenvalue weighted by Gasteiger charge is 2.38. The maximum atomic E-state index is 16.9. The second-order valence-electron chi connectivity index (χ2n) is 13.4. The summed E-state index contributed by atoms with van der Waals surface area (Å²) in [6.45, 7) is 5.63. The van der Waals surface area contributed by atoms with Crippen molar-refractivity contribution in [3.63, 3.8) is 0 Å². The molecule has 234 valence electrons. The molecule has 12 heteroatoms. The minimum atomic E-state index is -1.01. The Morgan fingerprint density at radius 3 is 2.57 bits per heavy atom. The highest BCUT2D eigenvalue weighted by atomic mass is 35.5. The fourth-order valence-corrected chi connectivity index (χ4v) is 7.89. The van der Waals surface area contributed by atoms with Crippen LogP contribution in [-0.2, 0) is 0 Å². The number of nitrogens with zero attached hydrogens (tertiary/aromatic N) is 4. The van der Waals surface area contributed by atoms with Crippen LogP contribution in [0.5, 0.6) is 11.8 Å². The SMILES string of the molecule is CN1CCC[C@](C)(COc2nc(N3C[C@H]4CC[C@@H](C3)N4)c3cc(F)c(-c4c(C(N)=O)c(O)cc(Cl)c4C4CC4)c(F)c3n2)C1. The van der Waals surface area contributed by atoms with E-state index in [0.29, 0.717) is 31.1 Å². The third-order valence-electron chi connectivity index (χ3n) is 9.66. The van der Waals surface area contributed by atoms with E-state index in [1.807, 2.05) is 0 Å². The maximum absolute atomic E-state index is 16.9. The number of ether oxygens (including phenoxy) is 1. The average Bonchev–Trinajstić information content (AvgIpc) is 3.74. The summed E-state index contributed by atoms with van der Waals surface area (Å²) >= 11 is 6.52. The van der Waals surface area contributed by atoms with Gasteiger partial charge in [-0.05, 0) is 75.7 Å². The Kier molecular flexibility index (Phi) is 7.33. The van der Waals surface area contributed by atoms with Crippen LogP contribution >= 0.6 is 11.6 Å². The lowest BCUT2D eigenvalue weighted by Crippen LogP contribution is -2.51. The van der Waals surface area contributed by atoms with Crippen molar-refractivity contribution in [2.45, 2.75) is 63.5 Å². The molecule has 1 aromatic heterocycles. The largest absolute Gasteiger partial charge is 0.507 e. The van der Waals surface area contributed by atoms with E-state index in [0.717, 1.165) is 51.6 Å². The number of benzene rings is 2. The van der Waals surface area contributed by atoms with Gasteiger partial charge in [0.2, 0.25) is 0 Å². The van der Waals surface area contributed by atoms with E-state index in [4.69, 9.17) is 27.1 Å². The molecule has 4 fully saturated rings. The zero-order valence-corrected chi connectivity index (χ0v) is 25.7. The number of hydrogen-bond acceptors (Lipinski definition) is 8. The number of carbonyl (C=O) groups excluding carboxylic acids is 1. The Morgan fingerprint density at radius 2 is 1.91 bits per heavy atom. The predicted octanol–water partition coefficient (Wildman–Crippen LogP) is 4.96. The number of hydrogen-bond donors (Lipinski definition) is 3. The fourth-order valence-electron chi connectivity index (χ4n) is 7.54. The number of carbonyl (C=O) groups is 1. The molecule has 44 heavy (non-hydrogen) atoms. The zero-order valence-electron chi connectivity index (χ0n) is 24.9. The number of halogens is 3. The van der Waals surface area contributed by atoms with Gasteiger partial charge in [-0.1, -0.05) is 18.5 Å². The highest BCUT2D eigenvalue weighted by molar-refractivity contribution is 6.32. The molecule has 7 rings (SSSR count). The minimum absolute atomic E-state index is 0.00997. The van der Waals surface area contributed by atoms with E-state index < -0.39 is 28.9 Å². The third kappa shape index (κ3) is 5.22. The summed E-state index contributed by atoms with van der Waals surface area (Å²) in [5, 5.41) is 14.6. The molecule has 3 saturated heterocycles. The van der Waals surface area contributed by atoms with E-state index in [1.54, 1.807) is 0 Å². The molecular weight excluding hydrogens is 590 g/mol. The Bertz CT molecular complexity index is 1660. The molecule has 4 heterocycles. The van der Waals surface area contributed by atoms with E-state index in [-0.39, 0.29) is 56.5 Å². The number of fused-ring (bicyclic) bond motifs is 3. The summed E-state index contributed by atoms with van der Waals surface area (Å²) in [5.41, 5.74) is 4.81. The number of likely N-dealkylation sites (tertiary alicyclic amines) is 1. The second-order valence-corrected chi connectivity index (χ2v) is 13.8. The number of anilines is 1. The molecule has 9 nitrogen and oxygen atoms in total. The van der Waals surface area contributed by atoms with Gasteiger partial charge >= 0.3 is 6.01 Å². The average molecular weight is 627 g/mol. The lowest BCUT2D eigenvalue weighted by Gasteiger charge is -2.38. The van der Waals surface area contributed by atoms with Crippen LogP contribution in [0.4, 0.5) is 14.6 Å². The van der Waals surface area contributed by atoms with Crippen molar-refractivity contribution >= 4 is 34.2 Å². The van der Waals surface area contributed by atoms with E-state index in [2.05, 4.69) is 34.1 Å². The molecule has 1 aliphatic carbocycles. The third-order valence-corrected chi connectivity index (χ3v) is 9.97. The van der Waals surface area contributed by atoms with Crippen LogP contribution in [0.1, 0.15) is 67.3 Å². The van der Waals surface area contributed by atoms with E-state index in [1.165, 1.54) is 12.1 Å². The molecule has 3 aromatic rings. The van der Waals surface area contributed by atoms with Crippen LogP contribution in [0.3, 0.4) is 0 Å². The van der Waals surface area contributed by atoms with Crippen molar-refractivity contribution in [3.05, 3.63) is 39.9 Å². The smallest absolute Gasteiger partial charge is 0.319 e. The number of phenols is 1. The number of rotatable bonds is 7. The van der Waals surface area contributed by atoms with Crippen LogP contribution in [0.2, 0.25) is 5.02 Å². The minimum Gasteiger partial charge on any atom is -0.507 e. The van der Waals surface area contributed by atoms with Gasteiger partial charge in [0.1, 0.15) is 22.9 Å². The topological polar surface area (TPSA) is 117 Å². The molecular formula is C32H37ClF2N6O3. The maximum Gasteiger partial charge on any atom is 0.319 e. The van der Waals surface area contributed by atoms with Crippen molar-refractivity contribution in [3.8, 4) is 22.9 Å². The van der Waals surface area contributed by atoms with Crippen LogP contribution in [0.25, 0.3) is 22.0 Å². The second kappa shape index (κ2) is 11.0. The first-order valence-electron chi connectivity index (χ1n) is 15.4. The Hall–Kier alpha value is -3.28. The van der Waals surface area contributed by atoms with Crippen molar-refractivity contribution in [2.75, 3.05) is 44.7 Å². The van der Waals surface area contributed by atoms with Gasteiger partial charge in [-0.2, -0.15) is 9.97 Å². The molecule has 0 unspecified atom stereocenters. The van der Waals surface area contributed by atoms with Crippen molar-refractivity contribution in [1.29, 1.82) is 0 Å². The highest BCUT2D eigenvalue weighted by Crippen LogP contribution is 2.52. The monoisotopic (exact) mass is 626 g/mol. The molecule has 4 aliphatic rings. The Labute approximate surface area is 259 Å². The normalized spacial score (nSPS) is 25.5. The number of piperazine rings is 1. The zero-order chi connectivity index (χ0) is 30.9. The molecule has 1 amide bonds. The van der Waals surface area contributed by atoms with Crippen molar-refractivity contribution in [2.24, 2.45) is 11.1 Å². The first kappa shape index (κ1) is 29.4. The molecule has 3 atom stereocenters. The molecule has 2 bridgehead atoms. The molecule has 1 saturated carbocycles. The Morgan fingerprint density at radius 1 is 1.18 bits per heavy atom. The van der Waals surface area contributed by atoms with Crippen LogP contribution in [-0.4, -0.2) is 77.8 Å². The number of nitrogens with one attached hydrogen (secondary N) is 1.